The molecule has 1 aliphatic heterocycles. The van der Waals surface area contributed by atoms with Crippen molar-refractivity contribution < 1.29 is 14.3 Å². The van der Waals surface area contributed by atoms with Crippen molar-refractivity contribution in [3.05, 3.63) is 46.7 Å². The minimum absolute atomic E-state index is 0.182. The van der Waals surface area contributed by atoms with E-state index in [1.807, 2.05) is 32.9 Å². The number of carbonyl (C=O) groups is 2. The van der Waals surface area contributed by atoms with Gasteiger partial charge in [0.05, 0.1) is 17.6 Å². The number of rotatable bonds is 4. The van der Waals surface area contributed by atoms with Crippen molar-refractivity contribution in [1.82, 2.24) is 0 Å². The summed E-state index contributed by atoms with van der Waals surface area (Å²) in [5.41, 5.74) is 4.36. The Morgan fingerprint density at radius 1 is 1.19 bits per heavy atom. The fourth-order valence-corrected chi connectivity index (χ4v) is 3.98. The lowest BCUT2D eigenvalue weighted by Crippen LogP contribution is -2.39. The molecule has 0 aromatic heterocycles. The molecule has 1 heterocycles. The van der Waals surface area contributed by atoms with Crippen LogP contribution in [0.25, 0.3) is 0 Å². The Morgan fingerprint density at radius 3 is 2.50 bits per heavy atom. The summed E-state index contributed by atoms with van der Waals surface area (Å²) in [7, 11) is 0. The molecule has 0 amide bonds. The predicted octanol–water partition coefficient (Wildman–Crippen LogP) is 4.38. The molecule has 26 heavy (non-hydrogen) atoms. The highest BCUT2D eigenvalue weighted by Gasteiger charge is 2.43. The van der Waals surface area contributed by atoms with E-state index in [0.29, 0.717) is 17.7 Å². The average molecular weight is 353 g/mol. The number of benzene rings is 1. The van der Waals surface area contributed by atoms with Gasteiger partial charge in [0.2, 0.25) is 0 Å². The van der Waals surface area contributed by atoms with E-state index in [1.165, 1.54) is 5.56 Å². The number of hydrogen-bond donors (Lipinski definition) is 0. The van der Waals surface area contributed by atoms with Gasteiger partial charge in [0.1, 0.15) is 5.78 Å². The second-order valence-electron chi connectivity index (χ2n) is 7.43. The van der Waals surface area contributed by atoms with Crippen molar-refractivity contribution in [2.45, 2.75) is 65.4 Å². The lowest BCUT2D eigenvalue weighted by Gasteiger charge is -2.35. The molecule has 4 nitrogen and oxygen atoms in total. The molecule has 2 unspecified atom stereocenters. The molecule has 4 heteroatoms. The van der Waals surface area contributed by atoms with Gasteiger partial charge in [-0.3, -0.25) is 9.79 Å². The van der Waals surface area contributed by atoms with Crippen LogP contribution in [0.1, 0.15) is 64.0 Å². The van der Waals surface area contributed by atoms with E-state index in [0.717, 1.165) is 30.5 Å². The number of allylic oxidation sites excluding steroid dienone is 1. The SMILES string of the molecule is CCc1ccc(C2C(C(=O)OC(C)C)=C(C)N=C3CCCC(=O)C32)cc1. The van der Waals surface area contributed by atoms with Crippen LogP contribution in [0.4, 0.5) is 0 Å². The predicted molar refractivity (Wildman–Crippen MR) is 102 cm³/mol. The number of ether oxygens (including phenoxy) is 1. The number of ketones is 1. The highest BCUT2D eigenvalue weighted by molar-refractivity contribution is 6.11. The summed E-state index contributed by atoms with van der Waals surface area (Å²) in [6.45, 7) is 7.64. The summed E-state index contributed by atoms with van der Waals surface area (Å²) in [6, 6.07) is 8.25. The highest BCUT2D eigenvalue weighted by Crippen LogP contribution is 2.43. The standard InChI is InChI=1S/C22H27NO3/c1-5-15-9-11-16(12-10-15)20-19(22(25)26-13(2)3)14(4)23-17-7-6-8-18(24)21(17)20/h9-13,20-21H,5-8H2,1-4H3. The van der Waals surface area contributed by atoms with E-state index in [1.54, 1.807) is 0 Å². The van der Waals surface area contributed by atoms with Crippen molar-refractivity contribution in [3.8, 4) is 0 Å². The van der Waals surface area contributed by atoms with Gasteiger partial charge in [-0.15, -0.1) is 0 Å². The van der Waals surface area contributed by atoms with Crippen molar-refractivity contribution in [2.24, 2.45) is 10.9 Å². The minimum Gasteiger partial charge on any atom is -0.460 e. The average Bonchev–Trinajstić information content (AvgIpc) is 2.60. The zero-order chi connectivity index (χ0) is 18.8. The smallest absolute Gasteiger partial charge is 0.336 e. The highest BCUT2D eigenvalue weighted by atomic mass is 16.5. The molecule has 1 aliphatic carbocycles. The van der Waals surface area contributed by atoms with Crippen molar-refractivity contribution >= 4 is 17.5 Å². The van der Waals surface area contributed by atoms with E-state index in [9.17, 15) is 9.59 Å². The van der Waals surface area contributed by atoms with E-state index in [-0.39, 0.29) is 29.7 Å². The number of Topliss-reactive ketones (excluding diaryl/α,β-unsaturated/α-hetero) is 1. The molecule has 2 atom stereocenters. The first-order valence-corrected chi connectivity index (χ1v) is 9.53. The Bertz CT molecular complexity index is 771. The number of aliphatic imine (C=N–C) groups is 1. The van der Waals surface area contributed by atoms with Crippen molar-refractivity contribution in [1.29, 1.82) is 0 Å². The van der Waals surface area contributed by atoms with Crippen LogP contribution in [0.2, 0.25) is 0 Å². The molecule has 0 spiro atoms. The van der Waals surface area contributed by atoms with Crippen LogP contribution in [0.15, 0.2) is 40.5 Å². The van der Waals surface area contributed by atoms with Gasteiger partial charge in [-0.1, -0.05) is 31.2 Å². The maximum absolute atomic E-state index is 12.8. The first kappa shape index (κ1) is 18.6. The van der Waals surface area contributed by atoms with Crippen LogP contribution < -0.4 is 0 Å². The van der Waals surface area contributed by atoms with Gasteiger partial charge >= 0.3 is 5.97 Å². The quantitative estimate of drug-likeness (QED) is 0.755. The van der Waals surface area contributed by atoms with Crippen molar-refractivity contribution in [2.75, 3.05) is 0 Å². The molecule has 1 aromatic rings. The van der Waals surface area contributed by atoms with E-state index >= 15 is 0 Å². The first-order chi connectivity index (χ1) is 12.4. The van der Waals surface area contributed by atoms with Crippen LogP contribution in [0.3, 0.4) is 0 Å². The number of hydrogen-bond acceptors (Lipinski definition) is 4. The lowest BCUT2D eigenvalue weighted by atomic mass is 9.69. The fraction of sp³-hybridized carbons (Fsp3) is 0.500. The summed E-state index contributed by atoms with van der Waals surface area (Å²) < 4.78 is 5.49. The summed E-state index contributed by atoms with van der Waals surface area (Å²) in [5.74, 6) is -0.813. The third kappa shape index (κ3) is 3.50. The van der Waals surface area contributed by atoms with Gasteiger partial charge in [0.15, 0.2) is 0 Å². The second-order valence-corrected chi connectivity index (χ2v) is 7.43. The topological polar surface area (TPSA) is 55.7 Å². The monoisotopic (exact) mass is 353 g/mol. The van der Waals surface area contributed by atoms with Crippen LogP contribution >= 0.6 is 0 Å². The largest absolute Gasteiger partial charge is 0.460 e. The molecule has 1 saturated carbocycles. The Kier molecular flexibility index (Phi) is 5.40. The number of esters is 1. The summed E-state index contributed by atoms with van der Waals surface area (Å²) in [5, 5.41) is 0. The molecular weight excluding hydrogens is 326 g/mol. The number of carbonyl (C=O) groups excluding carboxylic acids is 2. The third-order valence-electron chi connectivity index (χ3n) is 5.22. The van der Waals surface area contributed by atoms with Gasteiger partial charge < -0.3 is 4.74 Å². The summed E-state index contributed by atoms with van der Waals surface area (Å²) >= 11 is 0. The summed E-state index contributed by atoms with van der Waals surface area (Å²) in [6.07, 6.45) is 2.97. The zero-order valence-electron chi connectivity index (χ0n) is 16.0. The van der Waals surface area contributed by atoms with Gasteiger partial charge in [-0.25, -0.2) is 4.79 Å². The second kappa shape index (κ2) is 7.56. The van der Waals surface area contributed by atoms with Gasteiger partial charge in [0.25, 0.3) is 0 Å². The Morgan fingerprint density at radius 2 is 1.88 bits per heavy atom. The van der Waals surface area contributed by atoms with Crippen molar-refractivity contribution in [3.63, 3.8) is 0 Å². The molecule has 0 saturated heterocycles. The third-order valence-corrected chi connectivity index (χ3v) is 5.22. The number of aryl methyl sites for hydroxylation is 1. The summed E-state index contributed by atoms with van der Waals surface area (Å²) in [4.78, 5) is 30.3. The molecule has 0 bridgehead atoms. The van der Waals surface area contributed by atoms with Crippen LogP contribution in [-0.4, -0.2) is 23.6 Å². The van der Waals surface area contributed by atoms with E-state index in [4.69, 9.17) is 4.74 Å². The minimum atomic E-state index is -0.358. The van der Waals surface area contributed by atoms with Gasteiger partial charge in [0, 0.05) is 23.7 Å². The van der Waals surface area contributed by atoms with Gasteiger partial charge in [-0.05, 0) is 51.2 Å². The fourth-order valence-electron chi connectivity index (χ4n) is 3.98. The molecule has 1 aromatic carbocycles. The normalized spacial score (nSPS) is 23.0. The first-order valence-electron chi connectivity index (χ1n) is 9.53. The van der Waals surface area contributed by atoms with Crippen LogP contribution in [0.5, 0.6) is 0 Å². The van der Waals surface area contributed by atoms with E-state index < -0.39 is 0 Å². The molecule has 1 fully saturated rings. The number of fused-ring (bicyclic) bond motifs is 1. The van der Waals surface area contributed by atoms with Gasteiger partial charge in [-0.2, -0.15) is 0 Å². The Balaban J connectivity index is 2.11. The molecule has 0 radical (unpaired) electrons. The van der Waals surface area contributed by atoms with Crippen LogP contribution in [-0.2, 0) is 20.7 Å². The maximum atomic E-state index is 12.8. The maximum Gasteiger partial charge on any atom is 0.336 e. The Hall–Kier alpha value is -2.23. The molecule has 138 valence electrons. The molecule has 3 rings (SSSR count). The number of nitrogens with zero attached hydrogens (tertiary/aromatic N) is 1. The lowest BCUT2D eigenvalue weighted by molar-refractivity contribution is -0.143. The molecule has 0 N–H and O–H groups in total. The van der Waals surface area contributed by atoms with Crippen LogP contribution in [0, 0.1) is 5.92 Å². The zero-order valence-corrected chi connectivity index (χ0v) is 16.0. The molecular formula is C22H27NO3. The van der Waals surface area contributed by atoms with E-state index in [2.05, 4.69) is 24.0 Å². The Labute approximate surface area is 155 Å². The molecule has 2 aliphatic rings.